The monoisotopic (exact) mass is 556 g/mol. The standard InChI is InChI=1S/C24H28N4O6S2.Na.H/c1-3-22-26-21(15-35-22)19(13-17-9-11-18(12-10-17)34-36(25,31)32)27-23(29)20(28-24(30)33-2)14-16-7-5-4-6-8-16;;/h4-12,15,19-20H,3,13-14H2,1-2H3,(H,27,29)(H,28,30)(H2,25,31,32);;/q;+1;-1. The van der Waals surface area contributed by atoms with Crippen molar-refractivity contribution < 1.29 is 57.9 Å². The second-order valence-electron chi connectivity index (χ2n) is 7.88. The number of hydrogen-bond donors (Lipinski definition) is 3. The quantitative estimate of drug-likeness (QED) is 0.276. The summed E-state index contributed by atoms with van der Waals surface area (Å²) in [6.07, 6.45) is 0.677. The number of aromatic nitrogens is 1. The normalized spacial score (nSPS) is 12.5. The smallest absolute Gasteiger partial charge is 1.00 e. The minimum absolute atomic E-state index is 0. The molecule has 37 heavy (non-hydrogen) atoms. The molecule has 0 aliphatic rings. The van der Waals surface area contributed by atoms with Crippen LogP contribution in [0.5, 0.6) is 5.75 Å². The molecule has 2 atom stereocenters. The van der Waals surface area contributed by atoms with Gasteiger partial charge in [0.1, 0.15) is 11.8 Å². The van der Waals surface area contributed by atoms with Crippen LogP contribution < -0.4 is 49.5 Å². The summed E-state index contributed by atoms with van der Waals surface area (Å²) >= 11 is 1.50. The van der Waals surface area contributed by atoms with Gasteiger partial charge in [-0.2, -0.15) is 13.6 Å². The molecule has 194 valence electrons. The molecule has 2 amide bonds. The third kappa shape index (κ3) is 10.1. The van der Waals surface area contributed by atoms with Crippen molar-refractivity contribution in [3.63, 3.8) is 0 Å². The molecule has 0 saturated carbocycles. The number of nitrogens with zero attached hydrogens (tertiary/aromatic N) is 1. The van der Waals surface area contributed by atoms with Crippen LogP contribution in [0.25, 0.3) is 0 Å². The second-order valence-corrected chi connectivity index (χ2v) is 9.98. The van der Waals surface area contributed by atoms with Crippen molar-refractivity contribution in [2.45, 2.75) is 38.3 Å². The van der Waals surface area contributed by atoms with E-state index in [-0.39, 0.29) is 43.2 Å². The summed E-state index contributed by atoms with van der Waals surface area (Å²) in [6.45, 7) is 2.00. The van der Waals surface area contributed by atoms with Crippen LogP contribution >= 0.6 is 11.3 Å². The molecule has 0 bridgehead atoms. The van der Waals surface area contributed by atoms with Gasteiger partial charge in [-0.05, 0) is 36.1 Å². The van der Waals surface area contributed by atoms with Crippen LogP contribution in [0.2, 0.25) is 0 Å². The number of nitrogens with one attached hydrogen (secondary N) is 2. The van der Waals surface area contributed by atoms with Gasteiger partial charge in [-0.25, -0.2) is 9.78 Å². The molecule has 1 heterocycles. The Morgan fingerprint density at radius 1 is 1.05 bits per heavy atom. The minimum atomic E-state index is -4.13. The Balaban J connectivity index is 0.00000361. The van der Waals surface area contributed by atoms with Crippen molar-refractivity contribution in [1.82, 2.24) is 15.6 Å². The molecule has 3 rings (SSSR count). The van der Waals surface area contributed by atoms with E-state index in [4.69, 9.17) is 9.88 Å². The third-order valence-corrected chi connectivity index (χ3v) is 6.63. The van der Waals surface area contributed by atoms with Crippen LogP contribution in [-0.2, 0) is 39.1 Å². The van der Waals surface area contributed by atoms with Crippen LogP contribution in [0.4, 0.5) is 4.79 Å². The van der Waals surface area contributed by atoms with E-state index < -0.39 is 34.4 Å². The first-order chi connectivity index (χ1) is 17.2. The molecule has 0 aliphatic carbocycles. The topological polar surface area (TPSA) is 150 Å². The predicted octanol–water partition coefficient (Wildman–Crippen LogP) is -0.228. The fourth-order valence-electron chi connectivity index (χ4n) is 3.46. The zero-order valence-corrected chi connectivity index (χ0v) is 24.5. The van der Waals surface area contributed by atoms with E-state index in [1.54, 1.807) is 12.1 Å². The average Bonchev–Trinajstić information content (AvgIpc) is 3.33. The van der Waals surface area contributed by atoms with Crippen LogP contribution in [-0.4, -0.2) is 38.6 Å². The summed E-state index contributed by atoms with van der Waals surface area (Å²) in [5.41, 5.74) is 2.36. The zero-order chi connectivity index (χ0) is 26.1. The molecule has 0 saturated heterocycles. The first-order valence-electron chi connectivity index (χ1n) is 11.1. The van der Waals surface area contributed by atoms with E-state index >= 15 is 0 Å². The molecule has 1 aromatic heterocycles. The summed E-state index contributed by atoms with van der Waals surface area (Å²) in [6, 6.07) is 14.3. The number of aryl methyl sites for hydroxylation is 1. The minimum Gasteiger partial charge on any atom is -1.00 e. The van der Waals surface area contributed by atoms with Crippen molar-refractivity contribution >= 4 is 33.6 Å². The van der Waals surface area contributed by atoms with Crippen LogP contribution in [0, 0.1) is 0 Å². The first-order valence-corrected chi connectivity index (χ1v) is 13.5. The van der Waals surface area contributed by atoms with Gasteiger partial charge < -0.3 is 21.0 Å². The summed E-state index contributed by atoms with van der Waals surface area (Å²) < 4.78 is 31.7. The van der Waals surface area contributed by atoms with E-state index in [0.29, 0.717) is 12.1 Å². The van der Waals surface area contributed by atoms with Gasteiger partial charge in [-0.15, -0.1) is 11.3 Å². The number of carbonyl (C=O) groups is 2. The summed E-state index contributed by atoms with van der Waals surface area (Å²) in [4.78, 5) is 29.9. The SMILES string of the molecule is CCc1nc(C(Cc2ccc(OS(N)(=O)=O)cc2)NC(=O)C(Cc2ccccc2)NC(=O)OC)cs1.[H-].[Na+]. The van der Waals surface area contributed by atoms with Gasteiger partial charge >= 0.3 is 46.0 Å². The van der Waals surface area contributed by atoms with Crippen molar-refractivity contribution in [2.24, 2.45) is 5.14 Å². The predicted molar refractivity (Wildman–Crippen MR) is 137 cm³/mol. The van der Waals surface area contributed by atoms with Gasteiger partial charge in [0.05, 0.1) is 23.9 Å². The molecule has 0 spiro atoms. The summed E-state index contributed by atoms with van der Waals surface area (Å²) in [5.74, 6) is -0.316. The van der Waals surface area contributed by atoms with Gasteiger partial charge in [0.2, 0.25) is 5.91 Å². The molecule has 0 radical (unpaired) electrons. The number of benzene rings is 2. The number of carbonyl (C=O) groups excluding carboxylic acids is 2. The Morgan fingerprint density at radius 3 is 2.27 bits per heavy atom. The molecule has 0 aliphatic heterocycles. The maximum atomic E-state index is 13.4. The molecule has 4 N–H and O–H groups in total. The molecule has 0 fully saturated rings. The molecule has 2 unspecified atom stereocenters. The molecular formula is C24H29N4NaO6S2. The first kappa shape index (κ1) is 30.7. The Kier molecular flexibility index (Phi) is 12.0. The van der Waals surface area contributed by atoms with Gasteiger partial charge in [-0.3, -0.25) is 4.79 Å². The van der Waals surface area contributed by atoms with Crippen LogP contribution in [0.15, 0.2) is 60.0 Å². The van der Waals surface area contributed by atoms with Crippen molar-refractivity contribution in [3.05, 3.63) is 81.8 Å². The Morgan fingerprint density at radius 2 is 1.70 bits per heavy atom. The Hall–Kier alpha value is -2.48. The summed E-state index contributed by atoms with van der Waals surface area (Å²) in [7, 11) is -2.89. The molecule has 2 aromatic carbocycles. The number of amides is 2. The Labute approximate surface area is 244 Å². The number of methoxy groups -OCH3 is 1. The fourth-order valence-corrected chi connectivity index (χ4v) is 4.64. The van der Waals surface area contributed by atoms with Crippen molar-refractivity contribution in [3.8, 4) is 5.75 Å². The van der Waals surface area contributed by atoms with Gasteiger partial charge in [-0.1, -0.05) is 49.4 Å². The van der Waals surface area contributed by atoms with Crippen molar-refractivity contribution in [1.29, 1.82) is 0 Å². The third-order valence-electron chi connectivity index (χ3n) is 5.20. The van der Waals surface area contributed by atoms with Crippen molar-refractivity contribution in [2.75, 3.05) is 7.11 Å². The van der Waals surface area contributed by atoms with E-state index in [0.717, 1.165) is 22.6 Å². The van der Waals surface area contributed by atoms with Gasteiger partial charge in [0, 0.05) is 11.8 Å². The summed E-state index contributed by atoms with van der Waals surface area (Å²) in [5, 5.41) is 13.3. The largest absolute Gasteiger partial charge is 1.00 e. The molecule has 13 heteroatoms. The van der Waals surface area contributed by atoms with E-state index in [2.05, 4.69) is 19.8 Å². The van der Waals surface area contributed by atoms with Gasteiger partial charge in [0.15, 0.2) is 0 Å². The second kappa shape index (κ2) is 14.5. The zero-order valence-electron chi connectivity index (χ0n) is 21.8. The number of hydrogen-bond acceptors (Lipinski definition) is 8. The molecule has 3 aromatic rings. The van der Waals surface area contributed by atoms with E-state index in [1.807, 2.05) is 42.6 Å². The maximum absolute atomic E-state index is 13.4. The number of thiazole rings is 1. The number of alkyl carbamates (subject to hydrolysis) is 1. The number of rotatable bonds is 11. The molecular weight excluding hydrogens is 527 g/mol. The fraction of sp³-hybridized carbons (Fsp3) is 0.292. The van der Waals surface area contributed by atoms with Gasteiger partial charge in [0.25, 0.3) is 0 Å². The van der Waals surface area contributed by atoms with Crippen LogP contribution in [0.1, 0.15) is 36.2 Å². The molecule has 10 nitrogen and oxygen atoms in total. The number of ether oxygens (including phenoxy) is 1. The van der Waals surface area contributed by atoms with E-state index in [1.165, 1.54) is 30.6 Å². The van der Waals surface area contributed by atoms with Crippen LogP contribution in [0.3, 0.4) is 0 Å². The average molecular weight is 557 g/mol. The van der Waals surface area contributed by atoms with E-state index in [9.17, 15) is 18.0 Å². The number of nitrogens with two attached hydrogens (primary N) is 1. The Bertz CT molecular complexity index is 1280. The maximum Gasteiger partial charge on any atom is 1.00 e.